The molecular weight excluding hydrogens is 318 g/mol. The van der Waals surface area contributed by atoms with Gasteiger partial charge in [-0.15, -0.1) is 0 Å². The van der Waals surface area contributed by atoms with Gasteiger partial charge in [-0.05, 0) is 11.8 Å². The average Bonchev–Trinajstić information content (AvgIpc) is 2.71. The maximum Gasteiger partial charge on any atom is 0.342 e. The van der Waals surface area contributed by atoms with E-state index in [1.165, 1.54) is 0 Å². The van der Waals surface area contributed by atoms with E-state index in [2.05, 4.69) is 18.8 Å². The standard InChI is InChI=1S/C17H20ClNO4/c1-16(2)7-9-11(10(20)8-16)13-12(14(18)19-9)15(21)23-17(13)3-5-22-6-4-17/h10,20H,3-8H2,1-2H3/p+1. The number of halogens is 1. The average molecular weight is 339 g/mol. The van der Waals surface area contributed by atoms with Gasteiger partial charge >= 0.3 is 5.97 Å². The third kappa shape index (κ3) is 2.21. The van der Waals surface area contributed by atoms with Gasteiger partial charge in [0.05, 0.1) is 24.5 Å². The SMILES string of the molecule is CC1(C)Cc2nc(Cl)c3c(c2C([OH2+])C1)C1(CCOCC1)OC3=O. The first-order valence-electron chi connectivity index (χ1n) is 8.08. The third-order valence-corrected chi connectivity index (χ3v) is 5.54. The van der Waals surface area contributed by atoms with E-state index < -0.39 is 17.7 Å². The highest BCUT2D eigenvalue weighted by molar-refractivity contribution is 6.33. The molecule has 0 radical (unpaired) electrons. The van der Waals surface area contributed by atoms with Crippen LogP contribution in [0, 0.1) is 5.41 Å². The predicted molar refractivity (Wildman–Crippen MR) is 84.9 cm³/mol. The van der Waals surface area contributed by atoms with Crippen LogP contribution in [0.25, 0.3) is 0 Å². The smallest absolute Gasteiger partial charge is 0.342 e. The normalized spacial score (nSPS) is 27.5. The molecule has 1 atom stereocenters. The molecule has 23 heavy (non-hydrogen) atoms. The van der Waals surface area contributed by atoms with Gasteiger partial charge in [-0.2, -0.15) is 0 Å². The summed E-state index contributed by atoms with van der Waals surface area (Å²) in [7, 11) is 0. The molecule has 1 aliphatic carbocycles. The quantitative estimate of drug-likeness (QED) is 0.414. The molecule has 1 saturated heterocycles. The summed E-state index contributed by atoms with van der Waals surface area (Å²) in [5.74, 6) is -0.403. The molecule has 1 aromatic rings. The number of carbonyl (C=O) groups is 1. The first-order chi connectivity index (χ1) is 10.8. The first kappa shape index (κ1) is 15.4. The molecule has 6 heteroatoms. The Labute approximate surface area is 139 Å². The van der Waals surface area contributed by atoms with Crippen LogP contribution in [0.1, 0.15) is 66.4 Å². The van der Waals surface area contributed by atoms with Crippen molar-refractivity contribution in [3.8, 4) is 0 Å². The second-order valence-corrected chi connectivity index (χ2v) is 7.96. The van der Waals surface area contributed by atoms with Crippen LogP contribution in [0.4, 0.5) is 0 Å². The largest absolute Gasteiger partial charge is 0.450 e. The van der Waals surface area contributed by atoms with E-state index in [0.717, 1.165) is 29.7 Å². The van der Waals surface area contributed by atoms with E-state index >= 15 is 0 Å². The number of esters is 1. The molecule has 0 saturated carbocycles. The zero-order valence-corrected chi connectivity index (χ0v) is 14.1. The minimum absolute atomic E-state index is 0.0102. The van der Waals surface area contributed by atoms with Gasteiger partial charge < -0.3 is 14.6 Å². The Morgan fingerprint density at radius 2 is 2.00 bits per heavy atom. The van der Waals surface area contributed by atoms with Crippen molar-refractivity contribution in [3.63, 3.8) is 0 Å². The van der Waals surface area contributed by atoms with Crippen LogP contribution < -0.4 is 0 Å². The number of ether oxygens (including phenoxy) is 2. The fraction of sp³-hybridized carbons (Fsp3) is 0.647. The van der Waals surface area contributed by atoms with Crippen molar-refractivity contribution in [3.05, 3.63) is 27.5 Å². The Morgan fingerprint density at radius 3 is 2.70 bits per heavy atom. The van der Waals surface area contributed by atoms with Gasteiger partial charge in [0.1, 0.15) is 16.3 Å². The van der Waals surface area contributed by atoms with Gasteiger partial charge in [0, 0.05) is 24.8 Å². The first-order valence-corrected chi connectivity index (χ1v) is 8.46. The summed E-state index contributed by atoms with van der Waals surface area (Å²) in [6, 6.07) is 0. The van der Waals surface area contributed by atoms with Crippen molar-refractivity contribution in [2.45, 2.75) is 51.2 Å². The summed E-state index contributed by atoms with van der Waals surface area (Å²) >= 11 is 6.34. The number of carbonyl (C=O) groups excluding carboxylic acids is 1. The summed E-state index contributed by atoms with van der Waals surface area (Å²) in [6.45, 7) is 5.39. The highest BCUT2D eigenvalue weighted by atomic mass is 35.5. The van der Waals surface area contributed by atoms with E-state index in [9.17, 15) is 4.79 Å². The van der Waals surface area contributed by atoms with Crippen molar-refractivity contribution < 1.29 is 19.4 Å². The summed E-state index contributed by atoms with van der Waals surface area (Å²) < 4.78 is 11.2. The third-order valence-electron chi connectivity index (χ3n) is 5.27. The van der Waals surface area contributed by atoms with Gasteiger partial charge in [-0.1, -0.05) is 25.4 Å². The molecule has 1 unspecified atom stereocenters. The molecule has 2 N–H and O–H groups in total. The van der Waals surface area contributed by atoms with Crippen molar-refractivity contribution >= 4 is 17.6 Å². The second-order valence-electron chi connectivity index (χ2n) is 7.61. The van der Waals surface area contributed by atoms with Crippen molar-refractivity contribution in [1.29, 1.82) is 0 Å². The van der Waals surface area contributed by atoms with Crippen LogP contribution in [0.2, 0.25) is 5.15 Å². The fourth-order valence-electron chi connectivity index (χ4n) is 4.30. The van der Waals surface area contributed by atoms with E-state index in [-0.39, 0.29) is 10.6 Å². The Bertz CT molecular complexity index is 694. The molecule has 2 aliphatic heterocycles. The molecule has 3 heterocycles. The van der Waals surface area contributed by atoms with Gasteiger partial charge in [-0.25, -0.2) is 9.78 Å². The van der Waals surface area contributed by atoms with E-state index in [0.29, 0.717) is 31.6 Å². The second kappa shape index (κ2) is 4.91. The van der Waals surface area contributed by atoms with Crippen molar-refractivity contribution in [1.82, 2.24) is 4.98 Å². The van der Waals surface area contributed by atoms with Gasteiger partial charge in [0.15, 0.2) is 6.10 Å². The fourth-order valence-corrected chi connectivity index (χ4v) is 4.57. The molecule has 124 valence electrons. The van der Waals surface area contributed by atoms with Gasteiger partial charge in [-0.3, -0.25) is 0 Å². The maximum absolute atomic E-state index is 12.4. The summed E-state index contributed by atoms with van der Waals surface area (Å²) in [4.78, 5) is 16.9. The summed E-state index contributed by atoms with van der Waals surface area (Å²) in [6.07, 6.45) is 2.35. The number of aromatic nitrogens is 1. The monoisotopic (exact) mass is 338 g/mol. The number of pyridine rings is 1. The molecule has 1 fully saturated rings. The molecular formula is C17H21ClNO4+. The lowest BCUT2D eigenvalue weighted by atomic mass is 9.71. The molecule has 0 aromatic carbocycles. The van der Waals surface area contributed by atoms with E-state index in [1.807, 2.05) is 0 Å². The number of nitrogens with zero attached hydrogens (tertiary/aromatic N) is 1. The molecule has 4 rings (SSSR count). The molecule has 1 aromatic heterocycles. The highest BCUT2D eigenvalue weighted by Gasteiger charge is 2.53. The zero-order valence-electron chi connectivity index (χ0n) is 13.4. The molecule has 1 spiro atoms. The topological polar surface area (TPSA) is 71.3 Å². The Morgan fingerprint density at radius 1 is 1.30 bits per heavy atom. The maximum atomic E-state index is 12.4. The van der Waals surface area contributed by atoms with E-state index in [4.69, 9.17) is 26.2 Å². The van der Waals surface area contributed by atoms with Crippen molar-refractivity contribution in [2.24, 2.45) is 5.41 Å². The Balaban J connectivity index is 1.97. The Hall–Kier alpha value is -1.17. The van der Waals surface area contributed by atoms with Crippen LogP contribution in [0.3, 0.4) is 0 Å². The summed E-state index contributed by atoms with van der Waals surface area (Å²) in [5.41, 5.74) is 2.27. The molecule has 5 nitrogen and oxygen atoms in total. The number of rotatable bonds is 0. The predicted octanol–water partition coefficient (Wildman–Crippen LogP) is 2.65. The van der Waals surface area contributed by atoms with Crippen LogP contribution >= 0.6 is 11.6 Å². The lowest BCUT2D eigenvalue weighted by Gasteiger charge is -2.37. The lowest BCUT2D eigenvalue weighted by Crippen LogP contribution is -2.37. The van der Waals surface area contributed by atoms with Crippen LogP contribution in [-0.2, 0) is 21.5 Å². The Kier molecular flexibility index (Phi) is 3.28. The molecule has 3 aliphatic rings. The van der Waals surface area contributed by atoms with Crippen LogP contribution in [-0.4, -0.2) is 29.3 Å². The number of fused-ring (bicyclic) bond motifs is 4. The van der Waals surface area contributed by atoms with E-state index in [1.54, 1.807) is 0 Å². The van der Waals surface area contributed by atoms with Crippen LogP contribution in [0.15, 0.2) is 0 Å². The number of hydrogen-bond donors (Lipinski definition) is 0. The van der Waals surface area contributed by atoms with Gasteiger partial charge in [0.25, 0.3) is 0 Å². The lowest BCUT2D eigenvalue weighted by molar-refractivity contribution is -0.0750. The minimum atomic E-state index is -0.678. The zero-order chi connectivity index (χ0) is 16.4. The van der Waals surface area contributed by atoms with Gasteiger partial charge in [0.2, 0.25) is 0 Å². The highest BCUT2D eigenvalue weighted by Crippen LogP contribution is 2.52. The van der Waals surface area contributed by atoms with Crippen LogP contribution in [0.5, 0.6) is 0 Å². The van der Waals surface area contributed by atoms with Crippen molar-refractivity contribution in [2.75, 3.05) is 13.2 Å². The summed E-state index contributed by atoms with van der Waals surface area (Å²) in [5, 5.41) is 8.85. The minimum Gasteiger partial charge on any atom is -0.450 e. The molecule has 0 bridgehead atoms. The number of hydrogen-bond acceptors (Lipinski definition) is 4. The molecule has 0 amide bonds.